The van der Waals surface area contributed by atoms with Crippen molar-refractivity contribution < 1.29 is 0 Å². The van der Waals surface area contributed by atoms with Gasteiger partial charge in [-0.1, -0.05) is 11.6 Å². The van der Waals surface area contributed by atoms with E-state index >= 15 is 0 Å². The third-order valence-corrected chi connectivity index (χ3v) is 3.88. The maximum atomic E-state index is 5.80. The van der Waals surface area contributed by atoms with Gasteiger partial charge in [-0.15, -0.1) is 11.3 Å². The minimum absolute atomic E-state index is 0.763. The second-order valence-electron chi connectivity index (χ2n) is 3.09. The van der Waals surface area contributed by atoms with Crippen LogP contribution in [0.2, 0.25) is 5.02 Å². The lowest BCUT2D eigenvalue weighted by atomic mass is 10.3. The summed E-state index contributed by atoms with van der Waals surface area (Å²) in [5.41, 5.74) is 1.09. The van der Waals surface area contributed by atoms with Crippen LogP contribution in [0.25, 0.3) is 0 Å². The van der Waals surface area contributed by atoms with Gasteiger partial charge in [0.1, 0.15) is 0 Å². The first-order valence-electron chi connectivity index (χ1n) is 4.46. The Balaban J connectivity index is 1.96. The molecule has 0 saturated heterocycles. The number of nitrogens with one attached hydrogen (secondary N) is 1. The van der Waals surface area contributed by atoms with Crippen LogP contribution >= 0.6 is 38.9 Å². The summed E-state index contributed by atoms with van der Waals surface area (Å²) in [4.78, 5) is 1.30. The maximum Gasteiger partial charge on any atom is 0.0494 e. The molecule has 0 fully saturated rings. The molecule has 1 nitrogen and oxygen atoms in total. The number of rotatable bonds is 3. The second-order valence-corrected chi connectivity index (χ2v) is 5.44. The molecule has 0 aliphatic carbocycles. The summed E-state index contributed by atoms with van der Waals surface area (Å²) in [5.74, 6) is 0. The zero-order valence-corrected chi connectivity index (χ0v) is 11.0. The summed E-state index contributed by atoms with van der Waals surface area (Å²) in [7, 11) is 0. The van der Waals surface area contributed by atoms with Gasteiger partial charge in [-0.2, -0.15) is 0 Å². The van der Waals surface area contributed by atoms with Crippen LogP contribution in [0, 0.1) is 0 Å². The summed E-state index contributed by atoms with van der Waals surface area (Å²) in [5, 5.41) is 6.18. The number of anilines is 1. The quantitative estimate of drug-likeness (QED) is 0.860. The van der Waals surface area contributed by atoms with Crippen LogP contribution in [0.15, 0.2) is 40.2 Å². The molecule has 1 aromatic carbocycles. The van der Waals surface area contributed by atoms with Crippen molar-refractivity contribution in [2.45, 2.75) is 6.54 Å². The summed E-state index contributed by atoms with van der Waals surface area (Å²) >= 11 is 11.0. The molecule has 1 heterocycles. The van der Waals surface area contributed by atoms with Gasteiger partial charge in [-0.3, -0.25) is 0 Å². The highest BCUT2D eigenvalue weighted by Gasteiger charge is 1.97. The number of thiophene rings is 1. The lowest BCUT2D eigenvalue weighted by molar-refractivity contribution is 1.19. The average Bonchev–Trinajstić information content (AvgIpc) is 2.64. The lowest BCUT2D eigenvalue weighted by Crippen LogP contribution is -1.96. The van der Waals surface area contributed by atoms with E-state index in [9.17, 15) is 0 Å². The van der Waals surface area contributed by atoms with Gasteiger partial charge in [0.2, 0.25) is 0 Å². The van der Waals surface area contributed by atoms with Crippen molar-refractivity contribution in [3.63, 3.8) is 0 Å². The van der Waals surface area contributed by atoms with E-state index in [-0.39, 0.29) is 0 Å². The van der Waals surface area contributed by atoms with Gasteiger partial charge in [-0.05, 0) is 46.3 Å². The highest BCUT2D eigenvalue weighted by molar-refractivity contribution is 9.10. The van der Waals surface area contributed by atoms with Crippen molar-refractivity contribution in [3.8, 4) is 0 Å². The number of halogens is 2. The predicted octanol–water partition coefficient (Wildman–Crippen LogP) is 4.78. The fourth-order valence-electron chi connectivity index (χ4n) is 1.20. The SMILES string of the molecule is Clc1ccc(NCc2cc(Br)cs2)cc1. The molecule has 0 saturated carbocycles. The van der Waals surface area contributed by atoms with Gasteiger partial charge in [0.05, 0.1) is 0 Å². The van der Waals surface area contributed by atoms with E-state index in [1.807, 2.05) is 24.3 Å². The number of hydrogen-bond acceptors (Lipinski definition) is 2. The highest BCUT2D eigenvalue weighted by atomic mass is 79.9. The van der Waals surface area contributed by atoms with Gasteiger partial charge >= 0.3 is 0 Å². The molecule has 0 atom stereocenters. The zero-order chi connectivity index (χ0) is 10.7. The molecule has 0 amide bonds. The van der Waals surface area contributed by atoms with E-state index in [0.717, 1.165) is 21.7 Å². The molecule has 2 rings (SSSR count). The molecule has 0 radical (unpaired) electrons. The molecule has 15 heavy (non-hydrogen) atoms. The van der Waals surface area contributed by atoms with Crippen LogP contribution in [0.3, 0.4) is 0 Å². The van der Waals surface area contributed by atoms with E-state index in [2.05, 4.69) is 32.7 Å². The van der Waals surface area contributed by atoms with Gasteiger partial charge in [-0.25, -0.2) is 0 Å². The Labute approximate surface area is 106 Å². The van der Waals surface area contributed by atoms with E-state index in [1.165, 1.54) is 4.88 Å². The van der Waals surface area contributed by atoms with Crippen molar-refractivity contribution in [1.82, 2.24) is 0 Å². The molecule has 0 bridgehead atoms. The Hall–Kier alpha value is -0.510. The first-order valence-corrected chi connectivity index (χ1v) is 6.51. The molecule has 1 aromatic heterocycles. The van der Waals surface area contributed by atoms with Crippen LogP contribution < -0.4 is 5.32 Å². The molecular formula is C11H9BrClNS. The Morgan fingerprint density at radius 3 is 2.60 bits per heavy atom. The van der Waals surface area contributed by atoms with Crippen molar-refractivity contribution in [2.75, 3.05) is 5.32 Å². The summed E-state index contributed by atoms with van der Waals surface area (Å²) in [6, 6.07) is 9.84. The van der Waals surface area contributed by atoms with Gasteiger partial charge in [0.25, 0.3) is 0 Å². The fourth-order valence-corrected chi connectivity index (χ4v) is 2.72. The monoisotopic (exact) mass is 301 g/mol. The molecule has 4 heteroatoms. The Bertz CT molecular complexity index is 438. The van der Waals surface area contributed by atoms with Gasteiger partial charge in [0, 0.05) is 32.0 Å². The smallest absolute Gasteiger partial charge is 0.0494 e. The molecule has 0 aliphatic rings. The molecule has 78 valence electrons. The molecule has 0 spiro atoms. The normalized spacial score (nSPS) is 10.3. The first kappa shape index (κ1) is 11.0. The van der Waals surface area contributed by atoms with Crippen LogP contribution in [-0.2, 0) is 6.54 Å². The number of benzene rings is 1. The van der Waals surface area contributed by atoms with E-state index in [1.54, 1.807) is 11.3 Å². The minimum Gasteiger partial charge on any atom is -0.380 e. The third-order valence-electron chi connectivity index (χ3n) is 1.93. The second kappa shape index (κ2) is 5.01. The summed E-state index contributed by atoms with van der Waals surface area (Å²) in [6.45, 7) is 0.845. The fraction of sp³-hybridized carbons (Fsp3) is 0.0909. The third kappa shape index (κ3) is 3.23. The number of hydrogen-bond donors (Lipinski definition) is 1. The van der Waals surface area contributed by atoms with Crippen LogP contribution in [0.4, 0.5) is 5.69 Å². The van der Waals surface area contributed by atoms with E-state index in [0.29, 0.717) is 0 Å². The van der Waals surface area contributed by atoms with E-state index < -0.39 is 0 Å². The van der Waals surface area contributed by atoms with Crippen molar-refractivity contribution >= 4 is 44.6 Å². The van der Waals surface area contributed by atoms with Gasteiger partial charge in [0.15, 0.2) is 0 Å². The molecular weight excluding hydrogens is 294 g/mol. The average molecular weight is 303 g/mol. The first-order chi connectivity index (χ1) is 7.24. The largest absolute Gasteiger partial charge is 0.380 e. The summed E-state index contributed by atoms with van der Waals surface area (Å²) < 4.78 is 1.14. The Morgan fingerprint density at radius 1 is 1.27 bits per heavy atom. The lowest BCUT2D eigenvalue weighted by Gasteiger charge is -2.04. The van der Waals surface area contributed by atoms with Crippen LogP contribution in [-0.4, -0.2) is 0 Å². The minimum atomic E-state index is 0.763. The van der Waals surface area contributed by atoms with Crippen LogP contribution in [0.1, 0.15) is 4.88 Å². The molecule has 0 unspecified atom stereocenters. The van der Waals surface area contributed by atoms with Gasteiger partial charge < -0.3 is 5.32 Å². The van der Waals surface area contributed by atoms with Crippen LogP contribution in [0.5, 0.6) is 0 Å². The molecule has 0 aliphatic heterocycles. The Kier molecular flexibility index (Phi) is 3.67. The summed E-state index contributed by atoms with van der Waals surface area (Å²) in [6.07, 6.45) is 0. The standard InChI is InChI=1S/C11H9BrClNS/c12-8-5-11(15-7-8)6-14-10-3-1-9(13)2-4-10/h1-5,7,14H,6H2. The zero-order valence-electron chi connectivity index (χ0n) is 7.84. The van der Waals surface area contributed by atoms with Crippen molar-refractivity contribution in [3.05, 3.63) is 50.1 Å². The topological polar surface area (TPSA) is 12.0 Å². The molecule has 2 aromatic rings. The Morgan fingerprint density at radius 2 is 2.00 bits per heavy atom. The molecule has 1 N–H and O–H groups in total. The highest BCUT2D eigenvalue weighted by Crippen LogP contribution is 2.21. The maximum absolute atomic E-state index is 5.80. The van der Waals surface area contributed by atoms with E-state index in [4.69, 9.17) is 11.6 Å². The van der Waals surface area contributed by atoms with Crippen molar-refractivity contribution in [1.29, 1.82) is 0 Å². The van der Waals surface area contributed by atoms with Crippen molar-refractivity contribution in [2.24, 2.45) is 0 Å². The predicted molar refractivity (Wildman–Crippen MR) is 70.8 cm³/mol.